The summed E-state index contributed by atoms with van der Waals surface area (Å²) >= 11 is 5.77. The van der Waals surface area contributed by atoms with Crippen LogP contribution in [0, 0.1) is 11.8 Å². The molecule has 1 saturated heterocycles. The zero-order valence-corrected chi connectivity index (χ0v) is 27.2. The Kier molecular flexibility index (Phi) is 12.0. The fraction of sp³-hybridized carbons (Fsp3) is 0.467. The van der Waals surface area contributed by atoms with E-state index in [2.05, 4.69) is 0 Å². The van der Waals surface area contributed by atoms with E-state index < -0.39 is 93.6 Å². The van der Waals surface area contributed by atoms with Crippen molar-refractivity contribution in [2.75, 3.05) is 13.7 Å². The van der Waals surface area contributed by atoms with E-state index in [0.717, 1.165) is 24.0 Å². The Morgan fingerprint density at radius 2 is 1.60 bits per heavy atom. The Bertz CT molecular complexity index is 1560. The van der Waals surface area contributed by atoms with Crippen LogP contribution in [-0.4, -0.2) is 74.8 Å². The molecular formula is C30H33ClF5N3O7S. The summed E-state index contributed by atoms with van der Waals surface area (Å²) < 4.78 is 99.9. The third-order valence-electron chi connectivity index (χ3n) is 7.77. The minimum absolute atomic E-state index is 0.0807. The van der Waals surface area contributed by atoms with E-state index in [1.807, 2.05) is 10.6 Å². The van der Waals surface area contributed by atoms with Gasteiger partial charge in [0.1, 0.15) is 28.5 Å². The highest BCUT2D eigenvalue weighted by Crippen LogP contribution is 2.37. The van der Waals surface area contributed by atoms with Gasteiger partial charge in [0.15, 0.2) is 0 Å². The molecule has 10 nitrogen and oxygen atoms in total. The standard InChI is InChI=1S/C30H33ClF5N3O7S/c1-15(2)23(25(40)30(34,35)36)38-26(41)22-12-18(24(47(44)45)17-8-10-21(46-4)11-9-17)14-39(22)27(42)16(3)37-28(43)29(32,33)19-6-5-7-20(31)13-19/h5-11,13,15-16,18,22-24,47H,12,14H2,1-4H3,(H,37,43)(H,38,41)/t16-,18+,22-,23-,24?/m0/s1. The van der Waals surface area contributed by atoms with Crippen LogP contribution >= 0.6 is 11.6 Å². The number of ether oxygens (including phenoxy) is 1. The van der Waals surface area contributed by atoms with Crippen LogP contribution in [0.15, 0.2) is 48.5 Å². The van der Waals surface area contributed by atoms with Gasteiger partial charge in [0.2, 0.25) is 11.8 Å². The molecule has 2 N–H and O–H groups in total. The molecule has 1 unspecified atom stereocenters. The third-order valence-corrected chi connectivity index (χ3v) is 9.18. The van der Waals surface area contributed by atoms with Gasteiger partial charge in [-0.15, -0.1) is 0 Å². The van der Waals surface area contributed by atoms with Crippen LogP contribution in [-0.2, 0) is 35.8 Å². The van der Waals surface area contributed by atoms with Crippen LogP contribution in [0.4, 0.5) is 22.0 Å². The van der Waals surface area contributed by atoms with Crippen LogP contribution in [0.3, 0.4) is 0 Å². The molecule has 2 aromatic rings. The van der Waals surface area contributed by atoms with Crippen LogP contribution in [0.25, 0.3) is 0 Å². The van der Waals surface area contributed by atoms with Crippen molar-refractivity contribution in [1.29, 1.82) is 0 Å². The summed E-state index contributed by atoms with van der Waals surface area (Å²) in [5.41, 5.74) is -0.508. The molecule has 258 valence electrons. The summed E-state index contributed by atoms with van der Waals surface area (Å²) in [7, 11) is -1.87. The minimum Gasteiger partial charge on any atom is -0.497 e. The summed E-state index contributed by atoms with van der Waals surface area (Å²) in [6.07, 6.45) is -5.69. The monoisotopic (exact) mass is 709 g/mol. The van der Waals surface area contributed by atoms with Gasteiger partial charge in [-0.1, -0.05) is 49.7 Å². The summed E-state index contributed by atoms with van der Waals surface area (Å²) in [5.74, 6) is -12.2. The molecule has 47 heavy (non-hydrogen) atoms. The molecule has 0 radical (unpaired) electrons. The normalized spacial score (nSPS) is 18.9. The molecule has 17 heteroatoms. The summed E-state index contributed by atoms with van der Waals surface area (Å²) in [6.45, 7) is 3.11. The topological polar surface area (TPSA) is 139 Å². The Balaban J connectivity index is 1.95. The van der Waals surface area contributed by atoms with Crippen molar-refractivity contribution in [3.8, 4) is 5.75 Å². The molecule has 5 atom stereocenters. The molecule has 0 aromatic heterocycles. The Morgan fingerprint density at radius 1 is 0.979 bits per heavy atom. The SMILES string of the molecule is COc1ccc(C([C@@H]2C[C@@H](C(=O)N[C@H](C(=O)C(F)(F)F)C(C)C)N(C(=O)[C@H](C)NC(=O)C(F)(F)c3cccc(Cl)c3)C2)[SH](=O)=O)cc1. The molecule has 3 amide bonds. The molecule has 1 heterocycles. The Labute approximate surface area is 273 Å². The molecule has 0 aliphatic carbocycles. The second-order valence-electron chi connectivity index (χ2n) is 11.4. The number of rotatable bonds is 12. The average Bonchev–Trinajstić information content (AvgIpc) is 3.43. The molecule has 0 spiro atoms. The van der Waals surface area contributed by atoms with Crippen molar-refractivity contribution in [2.24, 2.45) is 11.8 Å². The number of nitrogens with one attached hydrogen (secondary N) is 2. The first-order valence-electron chi connectivity index (χ1n) is 14.2. The van der Waals surface area contributed by atoms with Gasteiger partial charge in [0.25, 0.3) is 11.7 Å². The van der Waals surface area contributed by atoms with Gasteiger partial charge < -0.3 is 20.3 Å². The first kappa shape index (κ1) is 37.7. The minimum atomic E-state index is -5.30. The van der Waals surface area contributed by atoms with Crippen molar-refractivity contribution < 1.29 is 54.3 Å². The number of amides is 3. The fourth-order valence-corrected chi connectivity index (χ4v) is 6.50. The average molecular weight is 710 g/mol. The van der Waals surface area contributed by atoms with Crippen LogP contribution in [0.2, 0.25) is 5.02 Å². The number of carbonyl (C=O) groups excluding carboxylic acids is 4. The second-order valence-corrected chi connectivity index (χ2v) is 12.9. The zero-order valence-electron chi connectivity index (χ0n) is 25.5. The van der Waals surface area contributed by atoms with Gasteiger partial charge in [0.05, 0.1) is 18.4 Å². The molecule has 1 fully saturated rings. The van der Waals surface area contributed by atoms with E-state index in [0.29, 0.717) is 5.75 Å². The maximum Gasteiger partial charge on any atom is 0.452 e. The van der Waals surface area contributed by atoms with Gasteiger partial charge >= 0.3 is 12.1 Å². The third kappa shape index (κ3) is 8.77. The maximum absolute atomic E-state index is 15.0. The lowest BCUT2D eigenvalue weighted by Gasteiger charge is -2.30. The van der Waals surface area contributed by atoms with Crippen molar-refractivity contribution in [3.63, 3.8) is 0 Å². The molecule has 3 rings (SSSR count). The molecule has 1 aliphatic rings. The van der Waals surface area contributed by atoms with Crippen molar-refractivity contribution in [2.45, 2.75) is 62.7 Å². The first-order chi connectivity index (χ1) is 21.8. The number of alkyl halides is 5. The Morgan fingerprint density at radius 3 is 2.11 bits per heavy atom. The van der Waals surface area contributed by atoms with Gasteiger partial charge in [-0.2, -0.15) is 22.0 Å². The number of likely N-dealkylation sites (tertiary alicyclic amines) is 1. The number of methoxy groups -OCH3 is 1. The van der Waals surface area contributed by atoms with Gasteiger partial charge in [-0.05, 0) is 55.0 Å². The highest BCUT2D eigenvalue weighted by molar-refractivity contribution is 7.72. The number of hydrogen-bond acceptors (Lipinski definition) is 7. The fourth-order valence-electron chi connectivity index (χ4n) is 5.33. The molecule has 0 bridgehead atoms. The van der Waals surface area contributed by atoms with Crippen LogP contribution < -0.4 is 15.4 Å². The molecule has 0 saturated carbocycles. The largest absolute Gasteiger partial charge is 0.497 e. The quantitative estimate of drug-likeness (QED) is 0.225. The van der Waals surface area contributed by atoms with E-state index in [1.54, 1.807) is 0 Å². The van der Waals surface area contributed by atoms with Crippen molar-refractivity contribution >= 4 is 45.8 Å². The lowest BCUT2D eigenvalue weighted by Crippen LogP contribution is -2.57. The first-order valence-corrected chi connectivity index (χ1v) is 15.9. The highest BCUT2D eigenvalue weighted by atomic mass is 35.5. The van der Waals surface area contributed by atoms with Gasteiger partial charge in [-0.25, -0.2) is 8.42 Å². The number of thiol groups is 1. The predicted octanol–water partition coefficient (Wildman–Crippen LogP) is 3.79. The van der Waals surface area contributed by atoms with E-state index in [9.17, 15) is 49.5 Å². The number of carbonyl (C=O) groups is 4. The van der Waals surface area contributed by atoms with Gasteiger partial charge in [0, 0.05) is 17.1 Å². The second kappa shape index (κ2) is 15.0. The lowest BCUT2D eigenvalue weighted by molar-refractivity contribution is -0.175. The zero-order chi connectivity index (χ0) is 35.4. The van der Waals surface area contributed by atoms with Crippen molar-refractivity contribution in [3.05, 3.63) is 64.7 Å². The summed E-state index contributed by atoms with van der Waals surface area (Å²) in [6, 6.07) is 4.79. The summed E-state index contributed by atoms with van der Waals surface area (Å²) in [4.78, 5) is 52.6. The van der Waals surface area contributed by atoms with Crippen LogP contribution in [0.1, 0.15) is 43.6 Å². The van der Waals surface area contributed by atoms with Crippen LogP contribution in [0.5, 0.6) is 5.75 Å². The molecular weight excluding hydrogens is 677 g/mol. The highest BCUT2D eigenvalue weighted by Gasteiger charge is 2.49. The van der Waals surface area contributed by atoms with E-state index in [-0.39, 0.29) is 17.0 Å². The molecule has 2 aromatic carbocycles. The van der Waals surface area contributed by atoms with E-state index in [1.165, 1.54) is 57.4 Å². The van der Waals surface area contributed by atoms with E-state index >= 15 is 0 Å². The maximum atomic E-state index is 15.0. The smallest absolute Gasteiger partial charge is 0.452 e. The summed E-state index contributed by atoms with van der Waals surface area (Å²) in [5, 5.41) is 2.55. The number of halogens is 6. The number of benzene rings is 2. The number of ketones is 1. The van der Waals surface area contributed by atoms with Crippen molar-refractivity contribution in [1.82, 2.24) is 15.5 Å². The predicted molar refractivity (Wildman–Crippen MR) is 160 cm³/mol. The molecule has 1 aliphatic heterocycles. The lowest BCUT2D eigenvalue weighted by atomic mass is 9.95. The number of hydrogen-bond donors (Lipinski definition) is 3. The number of nitrogens with zero attached hydrogens (tertiary/aromatic N) is 1. The van der Waals surface area contributed by atoms with E-state index in [4.69, 9.17) is 16.3 Å². The van der Waals surface area contributed by atoms with Gasteiger partial charge in [-0.3, -0.25) is 19.2 Å². The number of Topliss-reactive ketones (excluding diaryl/α,β-unsaturated/α-hetero) is 1. The Hall–Kier alpha value is -3.79.